The van der Waals surface area contributed by atoms with Crippen molar-refractivity contribution in [1.29, 1.82) is 0 Å². The number of nitrogens with one attached hydrogen (secondary N) is 2. The van der Waals surface area contributed by atoms with E-state index >= 15 is 0 Å². The van der Waals surface area contributed by atoms with E-state index in [4.69, 9.17) is 0 Å². The topological polar surface area (TPSA) is 64.7 Å². The van der Waals surface area contributed by atoms with Crippen LogP contribution in [0.5, 0.6) is 0 Å². The first-order valence-electron chi connectivity index (χ1n) is 8.66. The number of rotatable bonds is 6. The van der Waals surface area contributed by atoms with Gasteiger partial charge in [-0.3, -0.25) is 9.69 Å². The Hall–Kier alpha value is -2.08. The summed E-state index contributed by atoms with van der Waals surface area (Å²) in [6.07, 6.45) is 0.945. The van der Waals surface area contributed by atoms with Crippen LogP contribution in [0.4, 0.5) is 4.79 Å². The predicted molar refractivity (Wildman–Crippen MR) is 94.7 cm³/mol. The third kappa shape index (κ3) is 5.85. The van der Waals surface area contributed by atoms with Gasteiger partial charge in [0.25, 0.3) is 0 Å². The number of carbonyl (C=O) groups is 2. The van der Waals surface area contributed by atoms with Crippen LogP contribution < -0.4 is 10.6 Å². The van der Waals surface area contributed by atoms with Crippen molar-refractivity contribution in [2.75, 3.05) is 39.3 Å². The van der Waals surface area contributed by atoms with Crippen LogP contribution >= 0.6 is 0 Å². The van der Waals surface area contributed by atoms with Crippen molar-refractivity contribution in [3.63, 3.8) is 0 Å². The first-order valence-corrected chi connectivity index (χ1v) is 8.66. The Bertz CT molecular complexity index is 536. The highest BCUT2D eigenvalue weighted by molar-refractivity contribution is 5.78. The Morgan fingerprint density at radius 2 is 1.71 bits per heavy atom. The summed E-state index contributed by atoms with van der Waals surface area (Å²) in [5.74, 6) is 0.0640. The lowest BCUT2D eigenvalue weighted by atomic mass is 10.1. The van der Waals surface area contributed by atoms with Crippen LogP contribution in [0.1, 0.15) is 24.5 Å². The number of urea groups is 1. The summed E-state index contributed by atoms with van der Waals surface area (Å²) in [6, 6.07) is 8.11. The molecule has 0 radical (unpaired) electrons. The van der Waals surface area contributed by atoms with Crippen molar-refractivity contribution >= 4 is 11.9 Å². The fraction of sp³-hybridized carbons (Fsp3) is 0.556. The minimum Gasteiger partial charge on any atom is -0.355 e. The Morgan fingerprint density at radius 3 is 2.33 bits per heavy atom. The number of hydrogen-bond acceptors (Lipinski definition) is 3. The molecule has 1 aliphatic heterocycles. The van der Waals surface area contributed by atoms with E-state index in [2.05, 4.69) is 15.5 Å². The molecule has 2 rings (SSSR count). The Kier molecular flexibility index (Phi) is 7.06. The quantitative estimate of drug-likeness (QED) is 0.826. The maximum atomic E-state index is 12.2. The molecule has 0 bridgehead atoms. The van der Waals surface area contributed by atoms with Crippen molar-refractivity contribution < 1.29 is 9.59 Å². The van der Waals surface area contributed by atoms with Gasteiger partial charge in [0, 0.05) is 39.3 Å². The smallest absolute Gasteiger partial charge is 0.317 e. The second kappa shape index (κ2) is 9.27. The number of nitrogens with zero attached hydrogens (tertiary/aromatic N) is 2. The molecule has 6 heteroatoms. The zero-order valence-corrected chi connectivity index (χ0v) is 14.7. The van der Waals surface area contributed by atoms with Crippen molar-refractivity contribution in [3.8, 4) is 0 Å². The van der Waals surface area contributed by atoms with E-state index in [1.807, 2.05) is 43.0 Å². The number of aryl methyl sites for hydroxylation is 1. The maximum Gasteiger partial charge on any atom is 0.317 e. The Labute approximate surface area is 144 Å². The molecule has 3 amide bonds. The van der Waals surface area contributed by atoms with Gasteiger partial charge in [-0.25, -0.2) is 4.79 Å². The number of benzene rings is 1. The van der Waals surface area contributed by atoms with Crippen LogP contribution in [0.25, 0.3) is 0 Å². The molecule has 0 atom stereocenters. The zero-order valence-electron chi connectivity index (χ0n) is 14.7. The molecule has 1 aromatic rings. The van der Waals surface area contributed by atoms with Gasteiger partial charge in [-0.05, 0) is 18.9 Å². The van der Waals surface area contributed by atoms with Gasteiger partial charge in [0.15, 0.2) is 0 Å². The maximum absolute atomic E-state index is 12.2. The van der Waals surface area contributed by atoms with E-state index in [0.29, 0.717) is 26.2 Å². The zero-order chi connectivity index (χ0) is 17.4. The van der Waals surface area contributed by atoms with Crippen molar-refractivity contribution in [2.24, 2.45) is 0 Å². The minimum atomic E-state index is -0.0364. The average Bonchev–Trinajstić information content (AvgIpc) is 2.60. The largest absolute Gasteiger partial charge is 0.355 e. The SMILES string of the molecule is CCCNC(=O)CN1CCN(C(=O)NCc2ccc(C)cc2)CC1. The monoisotopic (exact) mass is 332 g/mol. The molecule has 1 fully saturated rings. The van der Waals surface area contributed by atoms with E-state index in [1.165, 1.54) is 5.56 Å². The summed E-state index contributed by atoms with van der Waals surface area (Å²) in [7, 11) is 0. The second-order valence-corrected chi connectivity index (χ2v) is 6.26. The second-order valence-electron chi connectivity index (χ2n) is 6.26. The lowest BCUT2D eigenvalue weighted by Crippen LogP contribution is -2.53. The van der Waals surface area contributed by atoms with Crippen LogP contribution in [0.15, 0.2) is 24.3 Å². The molecule has 0 aliphatic carbocycles. The molecular formula is C18H28N4O2. The summed E-state index contributed by atoms with van der Waals surface area (Å²) in [4.78, 5) is 27.9. The standard InChI is InChI=1S/C18H28N4O2/c1-3-8-19-17(23)14-21-9-11-22(12-10-21)18(24)20-13-16-6-4-15(2)5-7-16/h4-7H,3,8-14H2,1-2H3,(H,19,23)(H,20,24). The van der Waals surface area contributed by atoms with E-state index in [-0.39, 0.29) is 11.9 Å². The lowest BCUT2D eigenvalue weighted by Gasteiger charge is -2.34. The third-order valence-electron chi connectivity index (χ3n) is 4.16. The summed E-state index contributed by atoms with van der Waals surface area (Å²) in [5, 5.41) is 5.84. The first kappa shape index (κ1) is 18.3. The van der Waals surface area contributed by atoms with E-state index in [9.17, 15) is 9.59 Å². The third-order valence-corrected chi connectivity index (χ3v) is 4.16. The van der Waals surface area contributed by atoms with E-state index < -0.39 is 0 Å². The molecule has 24 heavy (non-hydrogen) atoms. The van der Waals surface area contributed by atoms with Gasteiger partial charge in [0.2, 0.25) is 5.91 Å². The van der Waals surface area contributed by atoms with Gasteiger partial charge in [-0.2, -0.15) is 0 Å². The number of carbonyl (C=O) groups excluding carboxylic acids is 2. The van der Waals surface area contributed by atoms with Crippen LogP contribution in [0, 0.1) is 6.92 Å². The highest BCUT2D eigenvalue weighted by Gasteiger charge is 2.22. The molecule has 0 saturated carbocycles. The molecule has 1 saturated heterocycles. The van der Waals surface area contributed by atoms with Crippen LogP contribution in [0.3, 0.4) is 0 Å². The van der Waals surface area contributed by atoms with Crippen molar-refractivity contribution in [1.82, 2.24) is 20.4 Å². The van der Waals surface area contributed by atoms with Gasteiger partial charge in [-0.15, -0.1) is 0 Å². The van der Waals surface area contributed by atoms with Crippen molar-refractivity contribution in [2.45, 2.75) is 26.8 Å². The Balaban J connectivity index is 1.68. The summed E-state index contributed by atoms with van der Waals surface area (Å²) in [5.41, 5.74) is 2.31. The molecule has 0 spiro atoms. The predicted octanol–water partition coefficient (Wildman–Crippen LogP) is 1.35. The summed E-state index contributed by atoms with van der Waals surface area (Å²) in [6.45, 7) is 8.53. The Morgan fingerprint density at radius 1 is 1.04 bits per heavy atom. The lowest BCUT2D eigenvalue weighted by molar-refractivity contribution is -0.122. The molecule has 1 aliphatic rings. The number of hydrogen-bond donors (Lipinski definition) is 2. The first-order chi connectivity index (χ1) is 11.6. The van der Waals surface area contributed by atoms with Crippen LogP contribution in [-0.4, -0.2) is 61.0 Å². The van der Waals surface area contributed by atoms with Crippen LogP contribution in [0.2, 0.25) is 0 Å². The van der Waals surface area contributed by atoms with Gasteiger partial charge in [0.05, 0.1) is 6.54 Å². The summed E-state index contributed by atoms with van der Waals surface area (Å²) >= 11 is 0. The summed E-state index contributed by atoms with van der Waals surface area (Å²) < 4.78 is 0. The van der Waals surface area contributed by atoms with Gasteiger partial charge in [-0.1, -0.05) is 36.8 Å². The molecule has 1 heterocycles. The molecule has 132 valence electrons. The molecule has 0 unspecified atom stereocenters. The van der Waals surface area contributed by atoms with E-state index in [0.717, 1.165) is 31.6 Å². The average molecular weight is 332 g/mol. The highest BCUT2D eigenvalue weighted by atomic mass is 16.2. The van der Waals surface area contributed by atoms with Crippen LogP contribution in [-0.2, 0) is 11.3 Å². The normalized spacial score (nSPS) is 15.2. The molecular weight excluding hydrogens is 304 g/mol. The molecule has 1 aromatic carbocycles. The minimum absolute atomic E-state index is 0.0364. The van der Waals surface area contributed by atoms with Gasteiger partial charge >= 0.3 is 6.03 Å². The fourth-order valence-electron chi connectivity index (χ4n) is 2.63. The van der Waals surface area contributed by atoms with Gasteiger partial charge < -0.3 is 15.5 Å². The molecule has 0 aromatic heterocycles. The fourth-order valence-corrected chi connectivity index (χ4v) is 2.63. The van der Waals surface area contributed by atoms with Gasteiger partial charge in [0.1, 0.15) is 0 Å². The molecule has 2 N–H and O–H groups in total. The van der Waals surface area contributed by atoms with E-state index in [1.54, 1.807) is 0 Å². The number of amides is 3. The number of piperazine rings is 1. The molecule has 6 nitrogen and oxygen atoms in total. The van der Waals surface area contributed by atoms with Crippen molar-refractivity contribution in [3.05, 3.63) is 35.4 Å². The highest BCUT2D eigenvalue weighted by Crippen LogP contribution is 2.05.